The summed E-state index contributed by atoms with van der Waals surface area (Å²) in [6.45, 7) is 4.62. The summed E-state index contributed by atoms with van der Waals surface area (Å²) in [6.07, 6.45) is 0.963. The normalized spacial score (nSPS) is 12.3. The lowest BCUT2D eigenvalue weighted by atomic mass is 10.2. The van der Waals surface area contributed by atoms with Crippen molar-refractivity contribution in [1.29, 1.82) is 0 Å². The van der Waals surface area contributed by atoms with Crippen LogP contribution in [0, 0.1) is 0 Å². The molecule has 2 heterocycles. The van der Waals surface area contributed by atoms with Crippen molar-refractivity contribution in [3.63, 3.8) is 0 Å². The van der Waals surface area contributed by atoms with Gasteiger partial charge >= 0.3 is 6.03 Å². The number of amides is 3. The van der Waals surface area contributed by atoms with E-state index < -0.39 is 17.2 Å². The molecule has 3 rings (SSSR count). The first-order valence-corrected chi connectivity index (χ1v) is 9.24. The second-order valence-corrected chi connectivity index (χ2v) is 7.07. The van der Waals surface area contributed by atoms with Crippen LogP contribution in [0.5, 0.6) is 0 Å². The standard InChI is InChI=1S/C17H20N6O2S/c1-4-9-23-12-8-6-5-7-11(12)13-14(23)19-17(22-21-13)26-10(2)15(24)20-16(25)18-3/h5-8,10H,4,9H2,1-3H3,(H2,18,20,24,25)/t10-/m0/s1. The van der Waals surface area contributed by atoms with Gasteiger partial charge in [-0.3, -0.25) is 10.1 Å². The predicted octanol–water partition coefficient (Wildman–Crippen LogP) is 2.33. The number of hydrogen-bond acceptors (Lipinski definition) is 6. The summed E-state index contributed by atoms with van der Waals surface area (Å²) in [5.74, 6) is -0.410. The number of carbonyl (C=O) groups is 2. The number of nitrogens with zero attached hydrogens (tertiary/aromatic N) is 4. The van der Waals surface area contributed by atoms with Crippen LogP contribution in [0.2, 0.25) is 0 Å². The second-order valence-electron chi connectivity index (χ2n) is 5.76. The molecule has 0 aliphatic heterocycles. The Balaban J connectivity index is 1.93. The van der Waals surface area contributed by atoms with E-state index >= 15 is 0 Å². The Hall–Kier alpha value is -2.68. The van der Waals surface area contributed by atoms with Gasteiger partial charge in [0.1, 0.15) is 5.52 Å². The van der Waals surface area contributed by atoms with Crippen LogP contribution in [0.3, 0.4) is 0 Å². The van der Waals surface area contributed by atoms with Crippen LogP contribution in [0.25, 0.3) is 22.1 Å². The lowest BCUT2D eigenvalue weighted by Crippen LogP contribution is -2.41. The van der Waals surface area contributed by atoms with Crippen LogP contribution in [0.15, 0.2) is 29.4 Å². The number of fused-ring (bicyclic) bond motifs is 3. The highest BCUT2D eigenvalue weighted by Gasteiger charge is 2.20. The molecule has 0 radical (unpaired) electrons. The molecule has 0 bridgehead atoms. The SMILES string of the molecule is CCCn1c2ccccc2c2nnc(S[C@@H](C)C(=O)NC(=O)NC)nc21. The number of hydrogen-bond donors (Lipinski definition) is 2. The second kappa shape index (κ2) is 7.69. The van der Waals surface area contributed by atoms with Gasteiger partial charge in [-0.05, 0) is 19.4 Å². The van der Waals surface area contributed by atoms with E-state index in [-0.39, 0.29) is 0 Å². The molecular formula is C17H20N6O2S. The van der Waals surface area contributed by atoms with Gasteiger partial charge < -0.3 is 9.88 Å². The highest BCUT2D eigenvalue weighted by Crippen LogP contribution is 2.28. The van der Waals surface area contributed by atoms with E-state index in [0.29, 0.717) is 5.16 Å². The van der Waals surface area contributed by atoms with E-state index in [0.717, 1.165) is 35.0 Å². The average Bonchev–Trinajstić information content (AvgIpc) is 2.95. The maximum Gasteiger partial charge on any atom is 0.321 e. The van der Waals surface area contributed by atoms with Gasteiger partial charge in [0, 0.05) is 19.0 Å². The largest absolute Gasteiger partial charge is 0.341 e. The minimum Gasteiger partial charge on any atom is -0.341 e. The summed E-state index contributed by atoms with van der Waals surface area (Å²) >= 11 is 1.17. The van der Waals surface area contributed by atoms with Crippen LogP contribution >= 0.6 is 11.8 Å². The Labute approximate surface area is 154 Å². The van der Waals surface area contributed by atoms with Crippen molar-refractivity contribution < 1.29 is 9.59 Å². The number of benzene rings is 1. The third kappa shape index (κ3) is 3.48. The number of imide groups is 1. The lowest BCUT2D eigenvalue weighted by Gasteiger charge is -2.10. The van der Waals surface area contributed by atoms with E-state index in [1.165, 1.54) is 18.8 Å². The van der Waals surface area contributed by atoms with Crippen LogP contribution in [0.1, 0.15) is 20.3 Å². The van der Waals surface area contributed by atoms with Crippen molar-refractivity contribution in [1.82, 2.24) is 30.4 Å². The highest BCUT2D eigenvalue weighted by atomic mass is 32.2. The van der Waals surface area contributed by atoms with Crippen LogP contribution in [0.4, 0.5) is 4.79 Å². The quantitative estimate of drug-likeness (QED) is 0.667. The summed E-state index contributed by atoms with van der Waals surface area (Å²) in [5, 5.41) is 14.0. The Morgan fingerprint density at radius 1 is 1.27 bits per heavy atom. The number of urea groups is 1. The molecule has 3 aromatic rings. The number of aryl methyl sites for hydroxylation is 1. The maximum absolute atomic E-state index is 12.0. The third-order valence-corrected chi connectivity index (χ3v) is 4.87. The van der Waals surface area contributed by atoms with Gasteiger partial charge in [-0.25, -0.2) is 9.78 Å². The van der Waals surface area contributed by atoms with Gasteiger partial charge in [0.2, 0.25) is 11.1 Å². The molecule has 0 unspecified atom stereocenters. The zero-order chi connectivity index (χ0) is 18.7. The minimum absolute atomic E-state index is 0.400. The van der Waals surface area contributed by atoms with Gasteiger partial charge in [0.05, 0.1) is 10.8 Å². The molecule has 0 saturated carbocycles. The Morgan fingerprint density at radius 3 is 2.77 bits per heavy atom. The van der Waals surface area contributed by atoms with E-state index in [1.54, 1.807) is 6.92 Å². The van der Waals surface area contributed by atoms with E-state index in [1.807, 2.05) is 24.3 Å². The fourth-order valence-electron chi connectivity index (χ4n) is 2.68. The first-order valence-electron chi connectivity index (χ1n) is 8.36. The van der Waals surface area contributed by atoms with Gasteiger partial charge in [0.15, 0.2) is 5.65 Å². The molecule has 136 valence electrons. The molecule has 0 aliphatic carbocycles. The zero-order valence-electron chi connectivity index (χ0n) is 14.8. The molecule has 0 aliphatic rings. The molecule has 2 aromatic heterocycles. The van der Waals surface area contributed by atoms with Crippen LogP contribution in [-0.2, 0) is 11.3 Å². The third-order valence-electron chi connectivity index (χ3n) is 3.92. The first-order chi connectivity index (χ1) is 12.5. The molecule has 0 spiro atoms. The smallest absolute Gasteiger partial charge is 0.321 e. The molecule has 3 amide bonds. The Morgan fingerprint density at radius 2 is 2.04 bits per heavy atom. The van der Waals surface area contributed by atoms with Crippen molar-refractivity contribution in [2.45, 2.75) is 37.2 Å². The van der Waals surface area contributed by atoms with E-state index in [2.05, 4.69) is 37.3 Å². The summed E-state index contributed by atoms with van der Waals surface area (Å²) in [5.41, 5.74) is 2.57. The van der Waals surface area contributed by atoms with Gasteiger partial charge in [-0.1, -0.05) is 36.9 Å². The topological polar surface area (TPSA) is 102 Å². The fraction of sp³-hybridized carbons (Fsp3) is 0.353. The Kier molecular flexibility index (Phi) is 5.36. The van der Waals surface area contributed by atoms with Gasteiger partial charge in [-0.15, -0.1) is 10.2 Å². The van der Waals surface area contributed by atoms with Crippen molar-refractivity contribution in [3.8, 4) is 0 Å². The number of thioether (sulfide) groups is 1. The highest BCUT2D eigenvalue weighted by molar-refractivity contribution is 8.00. The molecule has 8 nitrogen and oxygen atoms in total. The maximum atomic E-state index is 12.0. The number of para-hydroxylation sites is 1. The lowest BCUT2D eigenvalue weighted by molar-refractivity contribution is -0.119. The monoisotopic (exact) mass is 372 g/mol. The predicted molar refractivity (Wildman–Crippen MR) is 101 cm³/mol. The van der Waals surface area contributed by atoms with Gasteiger partial charge in [-0.2, -0.15) is 0 Å². The van der Waals surface area contributed by atoms with Crippen molar-refractivity contribution in [3.05, 3.63) is 24.3 Å². The van der Waals surface area contributed by atoms with E-state index in [9.17, 15) is 9.59 Å². The first kappa shape index (κ1) is 18.1. The van der Waals surface area contributed by atoms with Crippen molar-refractivity contribution in [2.24, 2.45) is 0 Å². The average molecular weight is 372 g/mol. The summed E-state index contributed by atoms with van der Waals surface area (Å²) in [6, 6.07) is 7.46. The number of carbonyl (C=O) groups excluding carboxylic acids is 2. The van der Waals surface area contributed by atoms with Crippen molar-refractivity contribution >= 4 is 45.8 Å². The molecule has 1 aromatic carbocycles. The molecule has 26 heavy (non-hydrogen) atoms. The molecule has 0 fully saturated rings. The van der Waals surface area contributed by atoms with Crippen LogP contribution < -0.4 is 10.6 Å². The Bertz CT molecular complexity index is 970. The zero-order valence-corrected chi connectivity index (χ0v) is 15.6. The molecule has 1 atom stereocenters. The molecule has 9 heteroatoms. The number of nitrogens with one attached hydrogen (secondary N) is 2. The minimum atomic E-state index is -0.542. The molecule has 2 N–H and O–H groups in total. The van der Waals surface area contributed by atoms with E-state index in [4.69, 9.17) is 0 Å². The molecule has 0 saturated heterocycles. The van der Waals surface area contributed by atoms with Crippen LogP contribution in [-0.4, -0.2) is 44.0 Å². The van der Waals surface area contributed by atoms with Crippen molar-refractivity contribution in [2.75, 3.05) is 7.05 Å². The summed E-state index contributed by atoms with van der Waals surface area (Å²) < 4.78 is 2.12. The number of rotatable bonds is 5. The summed E-state index contributed by atoms with van der Waals surface area (Å²) in [7, 11) is 1.45. The summed E-state index contributed by atoms with van der Waals surface area (Å²) in [4.78, 5) is 27.9. The molecular weight excluding hydrogens is 352 g/mol. The number of aromatic nitrogens is 4. The van der Waals surface area contributed by atoms with Gasteiger partial charge in [0.25, 0.3) is 0 Å². The fourth-order valence-corrected chi connectivity index (χ4v) is 3.39.